The zero-order chi connectivity index (χ0) is 14.2. The van der Waals surface area contributed by atoms with Gasteiger partial charge in [-0.15, -0.1) is 24.0 Å². The molecule has 0 spiro atoms. The number of aliphatic imine (C=N–C) groups is 1. The largest absolute Gasteiger partial charge is 0.379 e. The Morgan fingerprint density at radius 3 is 2.62 bits per heavy atom. The van der Waals surface area contributed by atoms with Crippen molar-refractivity contribution in [1.29, 1.82) is 0 Å². The number of hydrogen-bond acceptors (Lipinski definition) is 3. The van der Waals surface area contributed by atoms with Crippen molar-refractivity contribution < 1.29 is 4.74 Å². The summed E-state index contributed by atoms with van der Waals surface area (Å²) in [7, 11) is 0. The van der Waals surface area contributed by atoms with Crippen LogP contribution in [0.25, 0.3) is 0 Å². The molecule has 1 saturated heterocycles. The van der Waals surface area contributed by atoms with Crippen LogP contribution in [0.15, 0.2) is 4.99 Å². The van der Waals surface area contributed by atoms with Gasteiger partial charge in [-0.25, -0.2) is 0 Å². The lowest BCUT2D eigenvalue weighted by atomic mass is 9.96. The van der Waals surface area contributed by atoms with Gasteiger partial charge in [-0.05, 0) is 18.8 Å². The summed E-state index contributed by atoms with van der Waals surface area (Å²) in [5.41, 5.74) is 5.99. The normalized spacial score (nSPS) is 23.4. The van der Waals surface area contributed by atoms with Gasteiger partial charge >= 0.3 is 0 Å². The minimum atomic E-state index is 0. The molecule has 5 nitrogen and oxygen atoms in total. The van der Waals surface area contributed by atoms with Gasteiger partial charge in [0.1, 0.15) is 0 Å². The first-order valence-electron chi connectivity index (χ1n) is 8.10. The number of nitrogens with zero attached hydrogens (tertiary/aromatic N) is 2. The summed E-state index contributed by atoms with van der Waals surface area (Å²) in [6.07, 6.45) is 6.47. The van der Waals surface area contributed by atoms with Crippen molar-refractivity contribution in [3.05, 3.63) is 0 Å². The molecule has 124 valence electrons. The van der Waals surface area contributed by atoms with E-state index in [0.29, 0.717) is 17.9 Å². The van der Waals surface area contributed by atoms with Gasteiger partial charge in [0.05, 0.1) is 13.2 Å². The maximum Gasteiger partial charge on any atom is 0.188 e. The van der Waals surface area contributed by atoms with Gasteiger partial charge in [0.2, 0.25) is 0 Å². The Labute approximate surface area is 146 Å². The highest BCUT2D eigenvalue weighted by Crippen LogP contribution is 2.17. The second kappa shape index (κ2) is 10.6. The molecule has 21 heavy (non-hydrogen) atoms. The van der Waals surface area contributed by atoms with Crippen molar-refractivity contribution in [2.45, 2.75) is 45.1 Å². The number of ether oxygens (including phenoxy) is 1. The molecule has 0 bridgehead atoms. The van der Waals surface area contributed by atoms with Crippen LogP contribution in [0.3, 0.4) is 0 Å². The van der Waals surface area contributed by atoms with Crippen molar-refractivity contribution in [2.75, 3.05) is 39.4 Å². The Hall–Kier alpha value is -0.0800. The minimum Gasteiger partial charge on any atom is -0.379 e. The third kappa shape index (κ3) is 7.65. The lowest BCUT2D eigenvalue weighted by Gasteiger charge is -2.28. The second-order valence-corrected chi connectivity index (χ2v) is 6.22. The average molecular weight is 410 g/mol. The van der Waals surface area contributed by atoms with Gasteiger partial charge in [-0.3, -0.25) is 9.89 Å². The van der Waals surface area contributed by atoms with Crippen molar-refractivity contribution in [3.8, 4) is 0 Å². The number of rotatable bonds is 5. The van der Waals surface area contributed by atoms with Gasteiger partial charge < -0.3 is 15.8 Å². The molecule has 1 aliphatic heterocycles. The molecule has 0 aromatic heterocycles. The average Bonchev–Trinajstić information content (AvgIpc) is 2.47. The Kier molecular flexibility index (Phi) is 9.59. The van der Waals surface area contributed by atoms with Crippen molar-refractivity contribution >= 4 is 29.9 Å². The molecule has 3 N–H and O–H groups in total. The van der Waals surface area contributed by atoms with Gasteiger partial charge in [0.15, 0.2) is 5.96 Å². The van der Waals surface area contributed by atoms with Gasteiger partial charge in [-0.2, -0.15) is 0 Å². The monoisotopic (exact) mass is 410 g/mol. The van der Waals surface area contributed by atoms with E-state index in [1.54, 1.807) is 0 Å². The molecule has 1 atom stereocenters. The third-order valence-electron chi connectivity index (χ3n) is 4.20. The van der Waals surface area contributed by atoms with E-state index in [2.05, 4.69) is 22.1 Å². The highest BCUT2D eigenvalue weighted by molar-refractivity contribution is 14.0. The molecule has 0 amide bonds. The Bertz CT molecular complexity index is 302. The Morgan fingerprint density at radius 1 is 1.29 bits per heavy atom. The first-order valence-corrected chi connectivity index (χ1v) is 8.10. The number of morpholine rings is 1. The van der Waals surface area contributed by atoms with Crippen LogP contribution in [-0.2, 0) is 4.74 Å². The highest BCUT2D eigenvalue weighted by Gasteiger charge is 2.15. The van der Waals surface area contributed by atoms with Crippen molar-refractivity contribution in [1.82, 2.24) is 10.2 Å². The van der Waals surface area contributed by atoms with Crippen LogP contribution in [-0.4, -0.2) is 56.3 Å². The molecule has 0 aromatic carbocycles. The molecule has 1 unspecified atom stereocenters. The summed E-state index contributed by atoms with van der Waals surface area (Å²) >= 11 is 0. The Morgan fingerprint density at radius 2 is 1.95 bits per heavy atom. The van der Waals surface area contributed by atoms with Crippen LogP contribution in [0, 0.1) is 5.92 Å². The van der Waals surface area contributed by atoms with Crippen LogP contribution < -0.4 is 11.1 Å². The fourth-order valence-electron chi connectivity index (χ4n) is 3.04. The lowest BCUT2D eigenvalue weighted by Crippen LogP contribution is -2.42. The molecule has 0 aromatic rings. The summed E-state index contributed by atoms with van der Waals surface area (Å²) in [5.74, 6) is 1.17. The quantitative estimate of drug-likeness (QED) is 0.412. The molecule has 6 heteroatoms. The molecule has 2 aliphatic rings. The molecular formula is C15H31IN4O. The van der Waals surface area contributed by atoms with Crippen LogP contribution >= 0.6 is 24.0 Å². The fraction of sp³-hybridized carbons (Fsp3) is 0.933. The first kappa shape index (κ1) is 19.0. The molecule has 2 rings (SSSR count). The number of halogens is 1. The zero-order valence-corrected chi connectivity index (χ0v) is 15.6. The molecule has 0 radical (unpaired) electrons. The fourth-order valence-corrected chi connectivity index (χ4v) is 3.04. The number of nitrogens with one attached hydrogen (secondary N) is 1. The van der Waals surface area contributed by atoms with E-state index in [1.165, 1.54) is 32.1 Å². The molecule has 2 fully saturated rings. The SMILES string of the molecule is CC(CN=C(N)NC1CCCCC1)CN1CCOCC1.I. The smallest absolute Gasteiger partial charge is 0.188 e. The van der Waals surface area contributed by atoms with Crippen LogP contribution in [0.1, 0.15) is 39.0 Å². The maximum atomic E-state index is 5.99. The van der Waals surface area contributed by atoms with E-state index < -0.39 is 0 Å². The predicted molar refractivity (Wildman–Crippen MR) is 98.3 cm³/mol. The second-order valence-electron chi connectivity index (χ2n) is 6.22. The number of nitrogens with two attached hydrogens (primary N) is 1. The van der Waals surface area contributed by atoms with E-state index in [-0.39, 0.29) is 24.0 Å². The van der Waals surface area contributed by atoms with Gasteiger partial charge in [-0.1, -0.05) is 26.2 Å². The van der Waals surface area contributed by atoms with Crippen molar-refractivity contribution in [3.63, 3.8) is 0 Å². The zero-order valence-electron chi connectivity index (χ0n) is 13.2. The summed E-state index contributed by atoms with van der Waals surface area (Å²) in [4.78, 5) is 6.96. The highest BCUT2D eigenvalue weighted by atomic mass is 127. The lowest BCUT2D eigenvalue weighted by molar-refractivity contribution is 0.0323. The van der Waals surface area contributed by atoms with E-state index in [1.807, 2.05) is 0 Å². The number of guanidine groups is 1. The molecule has 1 aliphatic carbocycles. The molecule has 1 saturated carbocycles. The molecular weight excluding hydrogens is 379 g/mol. The first-order chi connectivity index (χ1) is 9.74. The van der Waals surface area contributed by atoms with Crippen LogP contribution in [0.2, 0.25) is 0 Å². The summed E-state index contributed by atoms with van der Waals surface area (Å²) in [6, 6.07) is 0.544. The summed E-state index contributed by atoms with van der Waals surface area (Å²) in [5, 5.41) is 3.37. The van der Waals surface area contributed by atoms with Crippen LogP contribution in [0.5, 0.6) is 0 Å². The topological polar surface area (TPSA) is 62.9 Å². The summed E-state index contributed by atoms with van der Waals surface area (Å²) in [6.45, 7) is 7.95. The van der Waals surface area contributed by atoms with E-state index >= 15 is 0 Å². The maximum absolute atomic E-state index is 5.99. The summed E-state index contributed by atoms with van der Waals surface area (Å²) < 4.78 is 5.36. The van der Waals surface area contributed by atoms with E-state index in [9.17, 15) is 0 Å². The van der Waals surface area contributed by atoms with E-state index in [4.69, 9.17) is 10.5 Å². The van der Waals surface area contributed by atoms with Gasteiger partial charge in [0, 0.05) is 32.2 Å². The van der Waals surface area contributed by atoms with Gasteiger partial charge in [0.25, 0.3) is 0 Å². The standard InChI is InChI=1S/C15H30N4O.HI/c1-13(12-19-7-9-20-10-8-19)11-17-15(16)18-14-5-3-2-4-6-14;/h13-14H,2-12H2,1H3,(H3,16,17,18);1H. The van der Waals surface area contributed by atoms with Crippen molar-refractivity contribution in [2.24, 2.45) is 16.6 Å². The van der Waals surface area contributed by atoms with E-state index in [0.717, 1.165) is 39.4 Å². The predicted octanol–water partition coefficient (Wildman–Crippen LogP) is 1.81. The minimum absolute atomic E-state index is 0. The molecule has 1 heterocycles. The van der Waals surface area contributed by atoms with Crippen LogP contribution in [0.4, 0.5) is 0 Å². The number of hydrogen-bond donors (Lipinski definition) is 2. The third-order valence-corrected chi connectivity index (χ3v) is 4.20. The Balaban J connectivity index is 0.00000220.